The number of rotatable bonds is 6. The van der Waals surface area contributed by atoms with Crippen molar-refractivity contribution in [2.75, 3.05) is 11.9 Å². The Morgan fingerprint density at radius 3 is 2.56 bits per heavy atom. The lowest BCUT2D eigenvalue weighted by atomic mass is 10.1. The van der Waals surface area contributed by atoms with Crippen molar-refractivity contribution in [3.63, 3.8) is 0 Å². The predicted molar refractivity (Wildman–Crippen MR) is 109 cm³/mol. The molecular formula is C21H21ClN4O. The van der Waals surface area contributed by atoms with Crippen molar-refractivity contribution in [2.24, 2.45) is 0 Å². The van der Waals surface area contributed by atoms with Gasteiger partial charge in [0.15, 0.2) is 0 Å². The number of hydrogen-bond acceptors (Lipinski definition) is 4. The van der Waals surface area contributed by atoms with Crippen LogP contribution in [0.3, 0.4) is 0 Å². The number of carbonyl (C=O) groups excluding carboxylic acids is 1. The fraction of sp³-hybridized carbons (Fsp3) is 0.190. The number of aromatic nitrogens is 2. The minimum absolute atomic E-state index is 0.199. The Bertz CT molecular complexity index is 941. The number of nitrogens with one attached hydrogen (secondary N) is 2. The van der Waals surface area contributed by atoms with Gasteiger partial charge >= 0.3 is 0 Å². The van der Waals surface area contributed by atoms with Crippen LogP contribution in [-0.4, -0.2) is 22.4 Å². The summed E-state index contributed by atoms with van der Waals surface area (Å²) >= 11 is 5.96. The zero-order valence-electron chi connectivity index (χ0n) is 15.3. The van der Waals surface area contributed by atoms with E-state index in [0.717, 1.165) is 16.8 Å². The summed E-state index contributed by atoms with van der Waals surface area (Å²) < 4.78 is 0. The molecule has 6 heteroatoms. The zero-order chi connectivity index (χ0) is 19.2. The van der Waals surface area contributed by atoms with Gasteiger partial charge in [-0.05, 0) is 49.6 Å². The molecule has 5 nitrogen and oxygen atoms in total. The van der Waals surface area contributed by atoms with Crippen LogP contribution < -0.4 is 10.6 Å². The van der Waals surface area contributed by atoms with Crippen molar-refractivity contribution in [3.05, 3.63) is 82.1 Å². The first-order valence-corrected chi connectivity index (χ1v) is 9.08. The fourth-order valence-electron chi connectivity index (χ4n) is 2.70. The summed E-state index contributed by atoms with van der Waals surface area (Å²) in [6.07, 6.45) is 3.75. The number of nitrogens with zero attached hydrogens (tertiary/aromatic N) is 2. The molecule has 2 aromatic carbocycles. The Hall–Kier alpha value is -2.92. The van der Waals surface area contributed by atoms with Crippen LogP contribution in [0.2, 0.25) is 5.02 Å². The standard InChI is InChI=1S/C21H21ClN4O/c1-14-6-7-19(15(2)10-14)26-21-24-12-17(13-25-21)20(27)23-9-8-16-4-3-5-18(22)11-16/h3-7,10-13H,8-9H2,1-2H3,(H,23,27)(H,24,25,26). The van der Waals surface area contributed by atoms with Gasteiger partial charge in [0, 0.05) is 29.6 Å². The first-order valence-electron chi connectivity index (χ1n) is 8.70. The molecule has 0 aliphatic rings. The van der Waals surface area contributed by atoms with Gasteiger partial charge < -0.3 is 10.6 Å². The molecule has 3 aromatic rings. The molecule has 2 N–H and O–H groups in total. The quantitative estimate of drug-likeness (QED) is 0.662. The molecule has 0 atom stereocenters. The van der Waals surface area contributed by atoms with Crippen LogP contribution in [0, 0.1) is 13.8 Å². The van der Waals surface area contributed by atoms with E-state index in [0.29, 0.717) is 29.5 Å². The molecule has 138 valence electrons. The molecule has 0 unspecified atom stereocenters. The minimum atomic E-state index is -0.199. The summed E-state index contributed by atoms with van der Waals surface area (Å²) in [5, 5.41) is 6.73. The first kappa shape index (κ1) is 18.9. The highest BCUT2D eigenvalue weighted by Gasteiger charge is 2.08. The number of halogens is 1. The average molecular weight is 381 g/mol. The number of benzene rings is 2. The van der Waals surface area contributed by atoms with E-state index in [2.05, 4.69) is 26.7 Å². The van der Waals surface area contributed by atoms with E-state index in [1.807, 2.05) is 50.2 Å². The fourth-order valence-corrected chi connectivity index (χ4v) is 2.91. The molecule has 1 amide bonds. The van der Waals surface area contributed by atoms with Gasteiger partial charge in [-0.1, -0.05) is 41.4 Å². The Morgan fingerprint density at radius 2 is 1.85 bits per heavy atom. The lowest BCUT2D eigenvalue weighted by Gasteiger charge is -2.09. The van der Waals surface area contributed by atoms with Gasteiger partial charge in [0.2, 0.25) is 5.95 Å². The number of amides is 1. The third kappa shape index (κ3) is 5.28. The maximum Gasteiger partial charge on any atom is 0.254 e. The molecular weight excluding hydrogens is 360 g/mol. The van der Waals surface area contributed by atoms with E-state index in [4.69, 9.17) is 11.6 Å². The van der Waals surface area contributed by atoms with Crippen molar-refractivity contribution in [1.82, 2.24) is 15.3 Å². The lowest BCUT2D eigenvalue weighted by Crippen LogP contribution is -2.26. The van der Waals surface area contributed by atoms with Gasteiger partial charge in [0.05, 0.1) is 5.56 Å². The molecule has 0 aliphatic heterocycles. The predicted octanol–water partition coefficient (Wildman–Crippen LogP) is 4.46. The summed E-state index contributed by atoms with van der Waals surface area (Å²) in [7, 11) is 0. The van der Waals surface area contributed by atoms with Gasteiger partial charge in [-0.3, -0.25) is 4.79 Å². The molecule has 0 radical (unpaired) electrons. The Morgan fingerprint density at radius 1 is 1.07 bits per heavy atom. The monoisotopic (exact) mass is 380 g/mol. The topological polar surface area (TPSA) is 66.9 Å². The summed E-state index contributed by atoms with van der Waals surface area (Å²) in [6.45, 7) is 4.59. The summed E-state index contributed by atoms with van der Waals surface area (Å²) in [4.78, 5) is 20.7. The first-order chi connectivity index (χ1) is 13.0. The molecule has 27 heavy (non-hydrogen) atoms. The molecule has 1 aromatic heterocycles. The zero-order valence-corrected chi connectivity index (χ0v) is 16.0. The van der Waals surface area contributed by atoms with E-state index in [-0.39, 0.29) is 5.91 Å². The van der Waals surface area contributed by atoms with Gasteiger partial charge in [0.1, 0.15) is 0 Å². The number of aryl methyl sites for hydroxylation is 2. The van der Waals surface area contributed by atoms with E-state index >= 15 is 0 Å². The van der Waals surface area contributed by atoms with E-state index < -0.39 is 0 Å². The number of hydrogen-bond donors (Lipinski definition) is 2. The van der Waals surface area contributed by atoms with Gasteiger partial charge in [0.25, 0.3) is 5.91 Å². The second-order valence-corrected chi connectivity index (χ2v) is 6.81. The van der Waals surface area contributed by atoms with E-state index in [9.17, 15) is 4.79 Å². The van der Waals surface area contributed by atoms with Crippen LogP contribution in [0.1, 0.15) is 27.0 Å². The maximum absolute atomic E-state index is 12.2. The summed E-state index contributed by atoms with van der Waals surface area (Å²) in [5.41, 5.74) is 4.75. The molecule has 0 bridgehead atoms. The van der Waals surface area contributed by atoms with Crippen LogP contribution in [0.5, 0.6) is 0 Å². The average Bonchev–Trinajstić information content (AvgIpc) is 2.64. The Balaban J connectivity index is 1.55. The van der Waals surface area contributed by atoms with Crippen molar-refractivity contribution >= 4 is 29.1 Å². The third-order valence-corrected chi connectivity index (χ3v) is 4.37. The van der Waals surface area contributed by atoms with Crippen molar-refractivity contribution < 1.29 is 4.79 Å². The van der Waals surface area contributed by atoms with E-state index in [1.165, 1.54) is 18.0 Å². The second kappa shape index (κ2) is 8.64. The molecule has 0 aliphatic carbocycles. The Kier molecular flexibility index (Phi) is 6.04. The van der Waals surface area contributed by atoms with Crippen LogP contribution in [-0.2, 0) is 6.42 Å². The van der Waals surface area contributed by atoms with Crippen molar-refractivity contribution in [2.45, 2.75) is 20.3 Å². The highest BCUT2D eigenvalue weighted by Crippen LogP contribution is 2.19. The molecule has 0 saturated heterocycles. The maximum atomic E-state index is 12.2. The van der Waals surface area contributed by atoms with Gasteiger partial charge in [-0.2, -0.15) is 0 Å². The van der Waals surface area contributed by atoms with Crippen molar-refractivity contribution in [3.8, 4) is 0 Å². The SMILES string of the molecule is Cc1ccc(Nc2ncc(C(=O)NCCc3cccc(Cl)c3)cn2)c(C)c1. The molecule has 3 rings (SSSR count). The van der Waals surface area contributed by atoms with Crippen LogP contribution in [0.25, 0.3) is 0 Å². The van der Waals surface area contributed by atoms with Crippen LogP contribution in [0.4, 0.5) is 11.6 Å². The second-order valence-electron chi connectivity index (χ2n) is 6.37. The minimum Gasteiger partial charge on any atom is -0.352 e. The van der Waals surface area contributed by atoms with Crippen molar-refractivity contribution in [1.29, 1.82) is 0 Å². The lowest BCUT2D eigenvalue weighted by molar-refractivity contribution is 0.0953. The largest absolute Gasteiger partial charge is 0.352 e. The normalized spacial score (nSPS) is 10.5. The number of carbonyl (C=O) groups is 1. The van der Waals surface area contributed by atoms with E-state index in [1.54, 1.807) is 0 Å². The number of anilines is 2. The highest BCUT2D eigenvalue weighted by atomic mass is 35.5. The smallest absolute Gasteiger partial charge is 0.254 e. The molecule has 0 saturated carbocycles. The third-order valence-electron chi connectivity index (χ3n) is 4.13. The van der Waals surface area contributed by atoms with Crippen LogP contribution in [0.15, 0.2) is 54.9 Å². The van der Waals surface area contributed by atoms with Gasteiger partial charge in [-0.15, -0.1) is 0 Å². The molecule has 0 spiro atoms. The Labute approximate surface area is 163 Å². The highest BCUT2D eigenvalue weighted by molar-refractivity contribution is 6.30. The van der Waals surface area contributed by atoms with Gasteiger partial charge in [-0.25, -0.2) is 9.97 Å². The summed E-state index contributed by atoms with van der Waals surface area (Å²) in [5.74, 6) is 0.257. The molecule has 1 heterocycles. The molecule has 0 fully saturated rings. The summed E-state index contributed by atoms with van der Waals surface area (Å²) in [6, 6.07) is 13.7. The van der Waals surface area contributed by atoms with Crippen LogP contribution >= 0.6 is 11.6 Å².